The fourth-order valence-electron chi connectivity index (χ4n) is 5.17. The van der Waals surface area contributed by atoms with Gasteiger partial charge >= 0.3 is 10.8 Å². The molecule has 2 aromatic carbocycles. The van der Waals surface area contributed by atoms with E-state index in [1.165, 1.54) is 5.56 Å². The van der Waals surface area contributed by atoms with Crippen molar-refractivity contribution in [2.45, 2.75) is 115 Å². The lowest BCUT2D eigenvalue weighted by molar-refractivity contribution is -0.149. The molecule has 0 heterocycles. The molecule has 0 aliphatic heterocycles. The van der Waals surface area contributed by atoms with Crippen LogP contribution in [0.1, 0.15) is 103 Å². The highest BCUT2D eigenvalue weighted by Gasteiger charge is 2.50. The van der Waals surface area contributed by atoms with Gasteiger partial charge in [0.05, 0.1) is 16.9 Å². The summed E-state index contributed by atoms with van der Waals surface area (Å²) in [7, 11) is -3.86. The van der Waals surface area contributed by atoms with Gasteiger partial charge in [0.1, 0.15) is 0 Å². The van der Waals surface area contributed by atoms with Gasteiger partial charge in [0.25, 0.3) is 9.84 Å². The van der Waals surface area contributed by atoms with E-state index in [1.807, 2.05) is 26.0 Å². The van der Waals surface area contributed by atoms with Crippen LogP contribution in [0, 0.1) is 19.4 Å². The molecule has 2 rings (SSSR count). The third-order valence-corrected chi connectivity index (χ3v) is 10.1. The van der Waals surface area contributed by atoms with Crippen LogP contribution in [-0.4, -0.2) is 25.9 Å². The molecular weight excluding hydrogens is 506 g/mol. The highest BCUT2D eigenvalue weighted by Crippen LogP contribution is 2.39. The van der Waals surface area contributed by atoms with E-state index in [1.54, 1.807) is 31.2 Å². The van der Waals surface area contributed by atoms with Gasteiger partial charge in [0, 0.05) is 12.8 Å². The van der Waals surface area contributed by atoms with Gasteiger partial charge in [-0.25, -0.2) is 15.0 Å². The number of rotatable bonds is 16. The molecule has 0 saturated heterocycles. The lowest BCUT2D eigenvalue weighted by Crippen LogP contribution is -2.36. The fourth-order valence-corrected chi connectivity index (χ4v) is 7.05. The van der Waals surface area contributed by atoms with Crippen molar-refractivity contribution in [3.05, 3.63) is 76.6 Å². The zero-order valence-electron chi connectivity index (χ0n) is 24.8. The van der Waals surface area contributed by atoms with Crippen LogP contribution in [-0.2, 0) is 31.2 Å². The molecule has 0 amide bonds. The summed E-state index contributed by atoms with van der Waals surface area (Å²) >= 11 is 0. The molecule has 0 saturated carbocycles. The standard InChI is InChI=1S/C33H47NO4S/c1-8-10-11-23-33(34-7,39(36,37)30-20-14-27(5)15-21-30)24-13-12-22-32(6,31(35)38-9-2)29-18-16-28(17-19-29)25-26(3)4/h14-21,26H,8-13,22-25H2,1-6H3. The molecule has 2 atom stereocenters. The number of benzene rings is 2. The third-order valence-electron chi connectivity index (χ3n) is 7.66. The number of carbonyl (C=O) groups excluding carboxylic acids is 1. The maximum atomic E-state index is 13.8. The number of sulfone groups is 1. The fraction of sp³-hybridized carbons (Fsp3) is 0.576. The van der Waals surface area contributed by atoms with Gasteiger partial charge in [-0.2, -0.15) is 0 Å². The van der Waals surface area contributed by atoms with Gasteiger partial charge in [0.2, 0.25) is 0 Å². The number of aryl methyl sites for hydroxylation is 1. The zero-order valence-corrected chi connectivity index (χ0v) is 25.6. The van der Waals surface area contributed by atoms with E-state index in [4.69, 9.17) is 11.3 Å². The van der Waals surface area contributed by atoms with Crippen LogP contribution in [0.5, 0.6) is 0 Å². The first-order valence-corrected chi connectivity index (χ1v) is 15.9. The summed E-state index contributed by atoms with van der Waals surface area (Å²) in [6, 6.07) is 15.0. The van der Waals surface area contributed by atoms with Gasteiger partial charge in [0.15, 0.2) is 0 Å². The summed E-state index contributed by atoms with van der Waals surface area (Å²) in [5.41, 5.74) is 2.27. The minimum Gasteiger partial charge on any atom is -0.465 e. The average Bonchev–Trinajstić information content (AvgIpc) is 2.90. The first-order valence-electron chi connectivity index (χ1n) is 14.4. The number of esters is 1. The second kappa shape index (κ2) is 14.7. The zero-order chi connectivity index (χ0) is 29.1. The van der Waals surface area contributed by atoms with Crippen LogP contribution < -0.4 is 0 Å². The molecule has 2 unspecified atom stereocenters. The monoisotopic (exact) mass is 553 g/mol. The summed E-state index contributed by atoms with van der Waals surface area (Å²) in [6.07, 6.45) is 5.70. The Kier molecular flexibility index (Phi) is 12.2. The van der Waals surface area contributed by atoms with Crippen molar-refractivity contribution < 1.29 is 17.9 Å². The Labute approximate surface area is 237 Å². The molecule has 2 aromatic rings. The predicted molar refractivity (Wildman–Crippen MR) is 159 cm³/mol. The quantitative estimate of drug-likeness (QED) is 0.119. The lowest BCUT2D eigenvalue weighted by Gasteiger charge is -2.29. The van der Waals surface area contributed by atoms with E-state index in [0.717, 1.165) is 30.4 Å². The van der Waals surface area contributed by atoms with Gasteiger partial charge < -0.3 is 4.74 Å². The van der Waals surface area contributed by atoms with Crippen LogP contribution in [0.2, 0.25) is 0 Å². The molecule has 0 aliphatic rings. The van der Waals surface area contributed by atoms with Gasteiger partial charge in [-0.1, -0.05) is 82.0 Å². The van der Waals surface area contributed by atoms with E-state index in [0.29, 0.717) is 44.6 Å². The molecule has 0 fully saturated rings. The summed E-state index contributed by atoms with van der Waals surface area (Å²) in [5.74, 6) is 0.275. The van der Waals surface area contributed by atoms with E-state index < -0.39 is 20.1 Å². The van der Waals surface area contributed by atoms with Crippen LogP contribution in [0.25, 0.3) is 4.85 Å². The Morgan fingerprint density at radius 3 is 2.00 bits per heavy atom. The van der Waals surface area contributed by atoms with Crippen molar-refractivity contribution in [2.24, 2.45) is 5.92 Å². The highest BCUT2D eigenvalue weighted by atomic mass is 32.2. The van der Waals surface area contributed by atoms with E-state index in [2.05, 4.69) is 37.7 Å². The summed E-state index contributed by atoms with van der Waals surface area (Å²) in [5, 5.41) is 0. The van der Waals surface area contributed by atoms with Gasteiger partial charge in [-0.3, -0.25) is 9.64 Å². The molecule has 39 heavy (non-hydrogen) atoms. The van der Waals surface area contributed by atoms with Gasteiger partial charge in [-0.15, -0.1) is 0 Å². The first kappa shape index (κ1) is 32.6. The minimum absolute atomic E-state index is 0.207. The second-order valence-electron chi connectivity index (χ2n) is 11.4. The first-order chi connectivity index (χ1) is 18.5. The maximum absolute atomic E-state index is 13.8. The summed E-state index contributed by atoms with van der Waals surface area (Å²) in [6.45, 7) is 20.4. The van der Waals surface area contributed by atoms with Crippen molar-refractivity contribution in [1.82, 2.24) is 0 Å². The van der Waals surface area contributed by atoms with Crippen molar-refractivity contribution in [1.29, 1.82) is 0 Å². The molecular formula is C33H47NO4S. The number of hydrogen-bond donors (Lipinski definition) is 0. The molecule has 0 N–H and O–H groups in total. The number of hydrogen-bond acceptors (Lipinski definition) is 4. The molecule has 6 heteroatoms. The Balaban J connectivity index is 2.28. The van der Waals surface area contributed by atoms with Crippen LogP contribution in [0.15, 0.2) is 53.4 Å². The Hall–Kier alpha value is -2.65. The Morgan fingerprint density at radius 1 is 0.923 bits per heavy atom. The van der Waals surface area contributed by atoms with Crippen molar-refractivity contribution >= 4 is 15.8 Å². The number of unbranched alkanes of at least 4 members (excludes halogenated alkanes) is 3. The number of ether oxygens (including phenoxy) is 1. The van der Waals surface area contributed by atoms with Crippen LogP contribution in [0.4, 0.5) is 0 Å². The molecule has 0 spiro atoms. The summed E-state index contributed by atoms with van der Waals surface area (Å²) in [4.78, 5) is 15.7. The summed E-state index contributed by atoms with van der Waals surface area (Å²) < 4.78 is 33.1. The third kappa shape index (κ3) is 8.18. The maximum Gasteiger partial charge on any atom is 0.333 e. The van der Waals surface area contributed by atoms with E-state index in [-0.39, 0.29) is 17.3 Å². The normalized spacial score (nSPS) is 14.8. The molecule has 0 radical (unpaired) electrons. The smallest absolute Gasteiger partial charge is 0.333 e. The van der Waals surface area contributed by atoms with E-state index >= 15 is 0 Å². The number of nitrogens with zero attached hydrogens (tertiary/aromatic N) is 1. The predicted octanol–water partition coefficient (Wildman–Crippen LogP) is 8.24. The molecule has 5 nitrogen and oxygen atoms in total. The molecule has 0 aromatic heterocycles. The Morgan fingerprint density at radius 2 is 1.49 bits per heavy atom. The van der Waals surface area contributed by atoms with E-state index in [9.17, 15) is 13.2 Å². The van der Waals surface area contributed by atoms with Crippen molar-refractivity contribution in [2.75, 3.05) is 6.61 Å². The highest BCUT2D eigenvalue weighted by molar-refractivity contribution is 7.93. The second-order valence-corrected chi connectivity index (χ2v) is 13.6. The molecule has 214 valence electrons. The largest absolute Gasteiger partial charge is 0.465 e. The Bertz CT molecular complexity index is 1200. The molecule has 0 aliphatic carbocycles. The minimum atomic E-state index is -3.86. The average molecular weight is 554 g/mol. The van der Waals surface area contributed by atoms with Crippen molar-refractivity contribution in [3.8, 4) is 0 Å². The van der Waals surface area contributed by atoms with Crippen LogP contribution >= 0.6 is 0 Å². The van der Waals surface area contributed by atoms with Crippen molar-refractivity contribution in [3.63, 3.8) is 0 Å². The lowest BCUT2D eigenvalue weighted by atomic mass is 9.77. The molecule has 0 bridgehead atoms. The van der Waals surface area contributed by atoms with Crippen LogP contribution in [0.3, 0.4) is 0 Å². The SMILES string of the molecule is [C-]#[N+]C(CCCCC)(CCCCC(C)(C(=O)OCC)c1ccc(CC(C)C)cc1)S(=O)(=O)c1ccc(C)cc1. The topological polar surface area (TPSA) is 64.8 Å². The van der Waals surface area contributed by atoms with Gasteiger partial charge in [-0.05, 0) is 75.6 Å². The number of carbonyl (C=O) groups is 1.